The van der Waals surface area contributed by atoms with Crippen LogP contribution >= 0.6 is 0 Å². The standard InChI is InChI=1S/C61H42N2/c1-5-20-43(21-6-1)45-24-19-29-48(40-45)63(60-35-18-15-30-51(60)44-22-7-2-8-23-44)50-37-39-55-53-32-14-17-34-57(53)61(59(55)42-50)56-33-16-13-31-52(56)54-38-36-49(41-58(54)61)62(46-25-9-3-10-26-46)47-27-11-4-12-28-47/h1-42H/i2D,7D,8D,22D,23D. The zero-order chi connectivity index (χ0) is 46.1. The molecule has 0 radical (unpaired) electrons. The summed E-state index contributed by atoms with van der Waals surface area (Å²) >= 11 is 0. The van der Waals surface area contributed by atoms with E-state index in [9.17, 15) is 0 Å². The van der Waals surface area contributed by atoms with Crippen LogP contribution in [0.1, 0.15) is 29.1 Å². The van der Waals surface area contributed by atoms with Gasteiger partial charge in [-0.3, -0.25) is 0 Å². The Labute approximate surface area is 376 Å². The van der Waals surface area contributed by atoms with Gasteiger partial charge in [-0.1, -0.05) is 188 Å². The van der Waals surface area contributed by atoms with Gasteiger partial charge in [0.05, 0.1) is 18.0 Å². The molecule has 0 heterocycles. The van der Waals surface area contributed by atoms with Crippen molar-refractivity contribution in [2.75, 3.05) is 9.80 Å². The molecule has 0 bridgehead atoms. The monoisotopic (exact) mass is 807 g/mol. The fraction of sp³-hybridized carbons (Fsp3) is 0.0164. The van der Waals surface area contributed by atoms with Crippen molar-refractivity contribution in [1.29, 1.82) is 0 Å². The molecule has 0 N–H and O–H groups in total. The molecule has 10 aromatic rings. The fourth-order valence-corrected chi connectivity index (χ4v) is 10.1. The molecule has 0 saturated carbocycles. The van der Waals surface area contributed by atoms with Crippen molar-refractivity contribution in [1.82, 2.24) is 0 Å². The summed E-state index contributed by atoms with van der Waals surface area (Å²) in [7, 11) is 0. The van der Waals surface area contributed by atoms with E-state index in [0.717, 1.165) is 50.7 Å². The van der Waals surface area contributed by atoms with Gasteiger partial charge in [0.25, 0.3) is 0 Å². The van der Waals surface area contributed by atoms with Crippen molar-refractivity contribution in [3.8, 4) is 44.5 Å². The first-order valence-corrected chi connectivity index (χ1v) is 21.4. The lowest BCUT2D eigenvalue weighted by atomic mass is 9.70. The average Bonchev–Trinajstić information content (AvgIpc) is 3.86. The van der Waals surface area contributed by atoms with Crippen LogP contribution in [0.25, 0.3) is 44.5 Å². The summed E-state index contributed by atoms with van der Waals surface area (Å²) in [6, 6.07) is 77.0. The third kappa shape index (κ3) is 5.87. The van der Waals surface area contributed by atoms with Crippen molar-refractivity contribution in [3.63, 3.8) is 0 Å². The van der Waals surface area contributed by atoms with E-state index >= 15 is 0 Å². The SMILES string of the molecule is [2H]c1c([2H])c([2H])c(-c2ccccc2N(c2cccc(-c3ccccc3)c2)c2ccc3c(c2)C2(c4ccccc4-c4ccc(N(c5ccccc5)c5ccccc5)cc42)c2ccccc2-3)c([2H])c1[2H]. The summed E-state index contributed by atoms with van der Waals surface area (Å²) in [5.74, 6) is 0. The van der Waals surface area contributed by atoms with Gasteiger partial charge in [-0.05, 0) is 128 Å². The molecule has 63 heavy (non-hydrogen) atoms. The maximum atomic E-state index is 9.15. The molecule has 2 aliphatic carbocycles. The van der Waals surface area contributed by atoms with Crippen LogP contribution in [0.15, 0.2) is 255 Å². The van der Waals surface area contributed by atoms with Crippen LogP contribution in [-0.4, -0.2) is 0 Å². The Hall–Kier alpha value is -8.20. The number of anilines is 6. The van der Waals surface area contributed by atoms with E-state index in [1.807, 2.05) is 42.5 Å². The van der Waals surface area contributed by atoms with Gasteiger partial charge in [-0.15, -0.1) is 0 Å². The highest BCUT2D eigenvalue weighted by Crippen LogP contribution is 2.64. The highest BCUT2D eigenvalue weighted by molar-refractivity contribution is 5.98. The molecule has 0 amide bonds. The molecule has 1 unspecified atom stereocenters. The minimum Gasteiger partial charge on any atom is -0.310 e. The van der Waals surface area contributed by atoms with Crippen LogP contribution in [0, 0.1) is 0 Å². The number of benzene rings is 10. The Balaban J connectivity index is 1.14. The molecule has 10 aromatic carbocycles. The summed E-state index contributed by atoms with van der Waals surface area (Å²) in [6.45, 7) is 0. The van der Waals surface area contributed by atoms with E-state index in [0.29, 0.717) is 11.3 Å². The molecule has 2 nitrogen and oxygen atoms in total. The van der Waals surface area contributed by atoms with E-state index < -0.39 is 11.5 Å². The topological polar surface area (TPSA) is 6.48 Å². The summed E-state index contributed by atoms with van der Waals surface area (Å²) in [5.41, 5.74) is 17.0. The van der Waals surface area contributed by atoms with Gasteiger partial charge in [-0.25, -0.2) is 0 Å². The van der Waals surface area contributed by atoms with Gasteiger partial charge in [0.15, 0.2) is 0 Å². The maximum Gasteiger partial charge on any atom is 0.0727 e. The van der Waals surface area contributed by atoms with Gasteiger partial charge >= 0.3 is 0 Å². The first-order valence-electron chi connectivity index (χ1n) is 23.9. The largest absolute Gasteiger partial charge is 0.310 e. The molecule has 2 heteroatoms. The molecule has 0 aliphatic heterocycles. The van der Waals surface area contributed by atoms with E-state index in [2.05, 4.69) is 192 Å². The summed E-state index contributed by atoms with van der Waals surface area (Å²) in [5, 5.41) is 0. The predicted molar refractivity (Wildman–Crippen MR) is 263 cm³/mol. The summed E-state index contributed by atoms with van der Waals surface area (Å²) in [4.78, 5) is 4.51. The smallest absolute Gasteiger partial charge is 0.0727 e. The highest BCUT2D eigenvalue weighted by Gasteiger charge is 2.52. The van der Waals surface area contributed by atoms with Crippen molar-refractivity contribution < 1.29 is 6.85 Å². The second kappa shape index (κ2) is 15.1. The maximum absolute atomic E-state index is 9.15. The van der Waals surface area contributed by atoms with Crippen LogP contribution in [0.5, 0.6) is 0 Å². The number of hydrogen-bond donors (Lipinski definition) is 0. The van der Waals surface area contributed by atoms with Crippen LogP contribution in [-0.2, 0) is 5.41 Å². The first-order chi connectivity index (χ1) is 33.3. The predicted octanol–water partition coefficient (Wildman–Crippen LogP) is 16.3. The van der Waals surface area contributed by atoms with E-state index in [1.54, 1.807) is 0 Å². The molecular formula is C61H42N2. The lowest BCUT2D eigenvalue weighted by Gasteiger charge is -2.33. The van der Waals surface area contributed by atoms with Gasteiger partial charge in [0.2, 0.25) is 0 Å². The van der Waals surface area contributed by atoms with Crippen molar-refractivity contribution in [2.45, 2.75) is 5.41 Å². The van der Waals surface area contributed by atoms with Gasteiger partial charge < -0.3 is 9.80 Å². The van der Waals surface area contributed by atoms with Crippen molar-refractivity contribution in [2.24, 2.45) is 0 Å². The highest BCUT2D eigenvalue weighted by atomic mass is 15.1. The van der Waals surface area contributed by atoms with Crippen molar-refractivity contribution >= 4 is 34.1 Å². The molecule has 0 fully saturated rings. The second-order valence-electron chi connectivity index (χ2n) is 16.1. The quantitative estimate of drug-likeness (QED) is 0.151. The third-order valence-electron chi connectivity index (χ3n) is 12.7. The molecule has 2 aliphatic rings. The number of rotatable bonds is 8. The van der Waals surface area contributed by atoms with Crippen LogP contribution in [0.2, 0.25) is 0 Å². The molecular weight excluding hydrogens is 761 g/mol. The fourth-order valence-electron chi connectivity index (χ4n) is 10.1. The molecule has 12 rings (SSSR count). The zero-order valence-electron chi connectivity index (χ0n) is 39.3. The summed E-state index contributed by atoms with van der Waals surface area (Å²) in [6.07, 6.45) is 0. The van der Waals surface area contributed by atoms with Gasteiger partial charge in [0.1, 0.15) is 0 Å². The zero-order valence-corrected chi connectivity index (χ0v) is 34.3. The Kier molecular flexibility index (Phi) is 7.56. The van der Waals surface area contributed by atoms with Gasteiger partial charge in [0, 0.05) is 34.0 Å². The second-order valence-corrected chi connectivity index (χ2v) is 16.1. The average molecular weight is 808 g/mol. The van der Waals surface area contributed by atoms with E-state index in [1.165, 1.54) is 33.4 Å². The van der Waals surface area contributed by atoms with Crippen LogP contribution < -0.4 is 9.80 Å². The van der Waals surface area contributed by atoms with Crippen molar-refractivity contribution in [3.05, 3.63) is 277 Å². The van der Waals surface area contributed by atoms with E-state index in [4.69, 9.17) is 6.85 Å². The van der Waals surface area contributed by atoms with E-state index in [-0.39, 0.29) is 29.7 Å². The first kappa shape index (κ1) is 31.6. The number of para-hydroxylation sites is 3. The Morgan fingerprint density at radius 1 is 0.286 bits per heavy atom. The summed E-state index contributed by atoms with van der Waals surface area (Å²) < 4.78 is 44.1. The molecule has 1 atom stereocenters. The lowest BCUT2D eigenvalue weighted by molar-refractivity contribution is 0.793. The molecule has 296 valence electrons. The Morgan fingerprint density at radius 2 is 0.730 bits per heavy atom. The van der Waals surface area contributed by atoms with Crippen LogP contribution in [0.4, 0.5) is 34.1 Å². The third-order valence-corrected chi connectivity index (χ3v) is 12.7. The number of hydrogen-bond acceptors (Lipinski definition) is 2. The molecule has 1 spiro atoms. The normalized spacial score (nSPS) is 15.2. The number of fused-ring (bicyclic) bond motifs is 10. The number of nitrogens with zero attached hydrogens (tertiary/aromatic N) is 2. The molecule has 0 saturated heterocycles. The Morgan fingerprint density at radius 3 is 1.33 bits per heavy atom. The van der Waals surface area contributed by atoms with Crippen LogP contribution in [0.3, 0.4) is 0 Å². The van der Waals surface area contributed by atoms with Gasteiger partial charge in [-0.2, -0.15) is 0 Å². The minimum absolute atomic E-state index is 0.147. The molecule has 0 aromatic heterocycles. The minimum atomic E-state index is -0.715. The lowest BCUT2D eigenvalue weighted by Crippen LogP contribution is -2.26. The Bertz CT molecular complexity index is 3510.